The van der Waals surface area contributed by atoms with Crippen molar-refractivity contribution in [3.8, 4) is 0 Å². The Morgan fingerprint density at radius 2 is 1.62 bits per heavy atom. The summed E-state index contributed by atoms with van der Waals surface area (Å²) in [5.74, 6) is -1.67. The van der Waals surface area contributed by atoms with Crippen LogP contribution in [0.25, 0.3) is 0 Å². The van der Waals surface area contributed by atoms with Crippen molar-refractivity contribution in [3.63, 3.8) is 0 Å². The number of rotatable bonds is 16. The Bertz CT molecular complexity index is 1330. The minimum atomic E-state index is -1.08. The topological polar surface area (TPSA) is 132 Å². The quantitative estimate of drug-likeness (QED) is 0.162. The van der Waals surface area contributed by atoms with E-state index in [1.54, 1.807) is 23.2 Å². The number of ether oxygens (including phenoxy) is 1. The normalized spacial score (nSPS) is 15.0. The maximum absolute atomic E-state index is 13.9. The third-order valence-corrected chi connectivity index (χ3v) is 7.18. The summed E-state index contributed by atoms with van der Waals surface area (Å²) in [4.78, 5) is 38.5. The van der Waals surface area contributed by atoms with Crippen molar-refractivity contribution in [3.05, 3.63) is 82.7 Å². The summed E-state index contributed by atoms with van der Waals surface area (Å²) in [6.45, 7) is 16.0. The van der Waals surface area contributed by atoms with Crippen LogP contribution in [0.1, 0.15) is 99.4 Å². The van der Waals surface area contributed by atoms with Gasteiger partial charge in [0.05, 0.1) is 12.1 Å². The number of aliphatic hydroxyl groups excluding tert-OH is 1. The predicted octanol–water partition coefficient (Wildman–Crippen LogP) is 4.80. The SMILES string of the molecule is CC(C)CNC=O.CCCN(CCC)C(=O)c1cc(C(=O)NC(Cc2cc(F)cc(F)c2)C(O)CNC(C)(C)C)cc(C2NC=CO2)c1. The van der Waals surface area contributed by atoms with Crippen LogP contribution in [0.4, 0.5) is 8.78 Å². The molecule has 1 aliphatic heterocycles. The molecule has 5 N–H and O–H groups in total. The summed E-state index contributed by atoms with van der Waals surface area (Å²) >= 11 is 0. The number of carbonyl (C=O) groups excluding carboxylic acids is 3. The van der Waals surface area contributed by atoms with E-state index < -0.39 is 35.9 Å². The lowest BCUT2D eigenvalue weighted by Crippen LogP contribution is -2.51. The molecule has 48 heavy (non-hydrogen) atoms. The maximum atomic E-state index is 13.9. The highest BCUT2D eigenvalue weighted by Crippen LogP contribution is 2.23. The molecule has 2 aromatic carbocycles. The Hall–Kier alpha value is -4.03. The predicted molar refractivity (Wildman–Crippen MR) is 183 cm³/mol. The summed E-state index contributed by atoms with van der Waals surface area (Å²) in [5.41, 5.74) is 1.09. The second kappa shape index (κ2) is 19.7. The zero-order chi connectivity index (χ0) is 35.9. The highest BCUT2D eigenvalue weighted by atomic mass is 19.1. The summed E-state index contributed by atoms with van der Waals surface area (Å²) in [7, 11) is 0. The summed E-state index contributed by atoms with van der Waals surface area (Å²) < 4.78 is 33.5. The molecular weight excluding hydrogens is 620 g/mol. The molecule has 0 aromatic heterocycles. The van der Waals surface area contributed by atoms with Gasteiger partial charge in [0.2, 0.25) is 6.41 Å². The van der Waals surface area contributed by atoms with E-state index in [-0.39, 0.29) is 35.5 Å². The van der Waals surface area contributed by atoms with Gasteiger partial charge in [-0.1, -0.05) is 27.7 Å². The molecule has 10 nitrogen and oxygen atoms in total. The maximum Gasteiger partial charge on any atom is 0.253 e. The molecule has 266 valence electrons. The van der Waals surface area contributed by atoms with E-state index in [4.69, 9.17) is 4.74 Å². The molecule has 3 atom stereocenters. The molecule has 0 spiro atoms. The number of aliphatic hydroxyl groups is 1. The number of β-amino-alcohol motifs (C(OH)–C–C–N with tert-alkyl or cyclic N) is 1. The Kier molecular flexibility index (Phi) is 16.5. The van der Waals surface area contributed by atoms with Gasteiger partial charge in [-0.2, -0.15) is 0 Å². The number of amides is 3. The van der Waals surface area contributed by atoms with Crippen molar-refractivity contribution < 1.29 is 33.0 Å². The van der Waals surface area contributed by atoms with Gasteiger partial charge in [-0.15, -0.1) is 0 Å². The van der Waals surface area contributed by atoms with E-state index in [1.165, 1.54) is 24.5 Å². The molecule has 0 saturated heterocycles. The van der Waals surface area contributed by atoms with Crippen molar-refractivity contribution in [1.82, 2.24) is 26.2 Å². The smallest absolute Gasteiger partial charge is 0.253 e. The first kappa shape index (κ1) is 40.1. The molecule has 0 saturated carbocycles. The number of hydrogen-bond acceptors (Lipinski definition) is 7. The van der Waals surface area contributed by atoms with Crippen LogP contribution in [0.5, 0.6) is 0 Å². The van der Waals surface area contributed by atoms with Crippen LogP contribution in [0.3, 0.4) is 0 Å². The number of nitrogens with zero attached hydrogens (tertiary/aromatic N) is 1. The van der Waals surface area contributed by atoms with Crippen LogP contribution in [0, 0.1) is 17.6 Å². The molecule has 0 fully saturated rings. The monoisotopic (exact) mass is 673 g/mol. The van der Waals surface area contributed by atoms with Gasteiger partial charge in [0.25, 0.3) is 11.8 Å². The second-order valence-corrected chi connectivity index (χ2v) is 13.3. The Labute approximate surface area is 283 Å². The van der Waals surface area contributed by atoms with E-state index in [0.29, 0.717) is 30.1 Å². The standard InChI is InChI=1S/C31H42F2N4O4.C5H11NO/c1-6-9-37(10-7-2)30(40)23-16-21(15-22(17-23)29-34-8-11-41-29)28(39)36-26(27(38)19-35-31(3,4)5)14-20-12-24(32)18-25(33)13-20;1-5(2)3-6-4-7/h8,11-13,15-18,26-27,29,34-35,38H,6-7,9-10,14,19H2,1-5H3,(H,36,39);4-5H,3H2,1-2H3,(H,6,7). The number of halogens is 2. The molecule has 0 radical (unpaired) electrons. The Morgan fingerprint density at radius 1 is 1.00 bits per heavy atom. The number of carbonyl (C=O) groups is 3. The fourth-order valence-electron chi connectivity index (χ4n) is 4.91. The average Bonchev–Trinajstić information content (AvgIpc) is 3.56. The number of benzene rings is 2. The average molecular weight is 674 g/mol. The molecule has 3 rings (SSSR count). The van der Waals surface area contributed by atoms with E-state index in [2.05, 4.69) is 35.1 Å². The first-order valence-corrected chi connectivity index (χ1v) is 16.5. The highest BCUT2D eigenvalue weighted by Gasteiger charge is 2.27. The molecule has 3 unspecified atom stereocenters. The molecular formula is C36H53F2N5O5. The molecule has 12 heteroatoms. The van der Waals surface area contributed by atoms with Crippen LogP contribution in [-0.4, -0.2) is 72.1 Å². The van der Waals surface area contributed by atoms with E-state index in [9.17, 15) is 28.3 Å². The Balaban J connectivity index is 0.00000103. The second-order valence-electron chi connectivity index (χ2n) is 13.3. The van der Waals surface area contributed by atoms with Gasteiger partial charge in [0.1, 0.15) is 17.9 Å². The van der Waals surface area contributed by atoms with Crippen LogP contribution < -0.4 is 21.3 Å². The lowest BCUT2D eigenvalue weighted by Gasteiger charge is -2.29. The summed E-state index contributed by atoms with van der Waals surface area (Å²) in [5, 5.41) is 22.7. The molecule has 1 heterocycles. The van der Waals surface area contributed by atoms with Crippen molar-refractivity contribution in [2.24, 2.45) is 5.92 Å². The van der Waals surface area contributed by atoms with Gasteiger partial charge in [0, 0.05) is 60.7 Å². The summed E-state index contributed by atoms with van der Waals surface area (Å²) in [6.07, 6.45) is 3.75. The van der Waals surface area contributed by atoms with Crippen molar-refractivity contribution in [1.29, 1.82) is 0 Å². The van der Waals surface area contributed by atoms with Gasteiger partial charge in [0.15, 0.2) is 6.23 Å². The zero-order valence-electron chi connectivity index (χ0n) is 29.2. The van der Waals surface area contributed by atoms with Crippen molar-refractivity contribution in [2.45, 2.75) is 91.6 Å². The van der Waals surface area contributed by atoms with Gasteiger partial charge in [-0.05, 0) is 81.8 Å². The third kappa shape index (κ3) is 14.0. The van der Waals surface area contributed by atoms with E-state index in [1.807, 2.05) is 34.6 Å². The molecule has 0 aliphatic carbocycles. The van der Waals surface area contributed by atoms with E-state index >= 15 is 0 Å². The largest absolute Gasteiger partial charge is 0.473 e. The number of nitrogens with one attached hydrogen (secondary N) is 4. The first-order valence-electron chi connectivity index (χ1n) is 16.5. The zero-order valence-corrected chi connectivity index (χ0v) is 29.2. The van der Waals surface area contributed by atoms with Crippen LogP contribution >= 0.6 is 0 Å². The lowest BCUT2D eigenvalue weighted by atomic mass is 9.98. The van der Waals surface area contributed by atoms with Crippen molar-refractivity contribution >= 4 is 18.2 Å². The minimum Gasteiger partial charge on any atom is -0.473 e. The van der Waals surface area contributed by atoms with Gasteiger partial charge >= 0.3 is 0 Å². The van der Waals surface area contributed by atoms with Gasteiger partial charge < -0.3 is 36.0 Å². The lowest BCUT2D eigenvalue weighted by molar-refractivity contribution is -0.109. The van der Waals surface area contributed by atoms with Gasteiger partial charge in [-0.25, -0.2) is 8.78 Å². The molecule has 3 amide bonds. The van der Waals surface area contributed by atoms with Gasteiger partial charge in [-0.3, -0.25) is 14.4 Å². The van der Waals surface area contributed by atoms with Crippen LogP contribution in [-0.2, 0) is 16.0 Å². The molecule has 2 aromatic rings. The first-order chi connectivity index (χ1) is 22.7. The minimum absolute atomic E-state index is 0.0170. The van der Waals surface area contributed by atoms with Crippen LogP contribution in [0.15, 0.2) is 48.9 Å². The van der Waals surface area contributed by atoms with E-state index in [0.717, 1.165) is 31.9 Å². The van der Waals surface area contributed by atoms with Crippen molar-refractivity contribution in [2.75, 3.05) is 26.2 Å². The number of hydrogen-bond donors (Lipinski definition) is 5. The fourth-order valence-corrected chi connectivity index (χ4v) is 4.91. The third-order valence-electron chi connectivity index (χ3n) is 7.18. The molecule has 0 bridgehead atoms. The summed E-state index contributed by atoms with van der Waals surface area (Å²) in [6, 6.07) is 7.09. The molecule has 1 aliphatic rings. The highest BCUT2D eigenvalue weighted by molar-refractivity contribution is 6.00. The Morgan fingerprint density at radius 3 is 2.12 bits per heavy atom. The van der Waals surface area contributed by atoms with Crippen LogP contribution in [0.2, 0.25) is 0 Å². The fraction of sp³-hybridized carbons (Fsp3) is 0.528.